The Bertz CT molecular complexity index is 367. The normalized spacial score (nSPS) is 25.0. The molecule has 1 aromatic rings. The first kappa shape index (κ1) is 12.7. The first-order valence-corrected chi connectivity index (χ1v) is 6.82. The molecule has 1 aromatic carbocycles. The standard InChI is InChI=1S/C14H21ClN2/c1-3-16-14-7-8-17(10-11(14)2)13-6-4-5-12(15)9-13/h4-6,9,11,14,16H,3,7-8,10H2,1-2H3. The van der Waals surface area contributed by atoms with Gasteiger partial charge in [-0.25, -0.2) is 0 Å². The summed E-state index contributed by atoms with van der Waals surface area (Å²) >= 11 is 6.04. The van der Waals surface area contributed by atoms with Crippen molar-refractivity contribution in [2.45, 2.75) is 26.3 Å². The zero-order chi connectivity index (χ0) is 12.3. The predicted octanol–water partition coefficient (Wildman–Crippen LogP) is 3.16. The van der Waals surface area contributed by atoms with Crippen LogP contribution in [0.25, 0.3) is 0 Å². The number of halogens is 1. The minimum absolute atomic E-state index is 0.662. The molecule has 2 nitrogen and oxygen atoms in total. The lowest BCUT2D eigenvalue weighted by molar-refractivity contribution is 0.327. The van der Waals surface area contributed by atoms with Crippen molar-refractivity contribution in [1.82, 2.24) is 5.32 Å². The van der Waals surface area contributed by atoms with E-state index in [1.165, 1.54) is 12.1 Å². The molecule has 1 heterocycles. The highest BCUT2D eigenvalue weighted by Crippen LogP contribution is 2.25. The monoisotopic (exact) mass is 252 g/mol. The largest absolute Gasteiger partial charge is 0.371 e. The second-order valence-corrected chi connectivity index (χ2v) is 5.29. The van der Waals surface area contributed by atoms with Crippen LogP contribution in [0.15, 0.2) is 24.3 Å². The zero-order valence-electron chi connectivity index (χ0n) is 10.6. The fourth-order valence-electron chi connectivity index (χ4n) is 2.62. The smallest absolute Gasteiger partial charge is 0.0426 e. The molecule has 0 bridgehead atoms. The summed E-state index contributed by atoms with van der Waals surface area (Å²) < 4.78 is 0. The Morgan fingerprint density at radius 1 is 1.47 bits per heavy atom. The Kier molecular flexibility index (Phi) is 4.30. The van der Waals surface area contributed by atoms with Crippen molar-refractivity contribution in [2.24, 2.45) is 5.92 Å². The summed E-state index contributed by atoms with van der Waals surface area (Å²) in [4.78, 5) is 2.43. The van der Waals surface area contributed by atoms with Crippen molar-refractivity contribution in [2.75, 3.05) is 24.5 Å². The molecule has 2 unspecified atom stereocenters. The molecule has 94 valence electrons. The molecule has 0 amide bonds. The van der Waals surface area contributed by atoms with E-state index in [0.29, 0.717) is 12.0 Å². The summed E-state index contributed by atoms with van der Waals surface area (Å²) in [7, 11) is 0. The lowest BCUT2D eigenvalue weighted by atomic mass is 9.93. The van der Waals surface area contributed by atoms with Gasteiger partial charge in [-0.1, -0.05) is 31.5 Å². The topological polar surface area (TPSA) is 15.3 Å². The van der Waals surface area contributed by atoms with Crippen molar-refractivity contribution in [1.29, 1.82) is 0 Å². The number of anilines is 1. The lowest BCUT2D eigenvalue weighted by Gasteiger charge is -2.38. The van der Waals surface area contributed by atoms with Crippen LogP contribution in [0, 0.1) is 5.92 Å². The maximum absolute atomic E-state index is 6.04. The second kappa shape index (κ2) is 5.74. The third kappa shape index (κ3) is 3.14. The predicted molar refractivity (Wildman–Crippen MR) is 74.9 cm³/mol. The van der Waals surface area contributed by atoms with Gasteiger partial charge in [0.25, 0.3) is 0 Å². The molecule has 1 aliphatic heterocycles. The van der Waals surface area contributed by atoms with Crippen LogP contribution >= 0.6 is 11.6 Å². The maximum atomic E-state index is 6.04. The van der Waals surface area contributed by atoms with E-state index < -0.39 is 0 Å². The summed E-state index contributed by atoms with van der Waals surface area (Å²) in [5, 5.41) is 4.39. The van der Waals surface area contributed by atoms with E-state index in [1.807, 2.05) is 12.1 Å². The van der Waals surface area contributed by atoms with Crippen LogP contribution in [0.1, 0.15) is 20.3 Å². The molecule has 0 aromatic heterocycles. The average Bonchev–Trinajstić information content (AvgIpc) is 2.32. The fraction of sp³-hybridized carbons (Fsp3) is 0.571. The molecule has 1 saturated heterocycles. The summed E-state index contributed by atoms with van der Waals surface area (Å²) in [6.07, 6.45) is 1.21. The van der Waals surface area contributed by atoms with E-state index >= 15 is 0 Å². The van der Waals surface area contributed by atoms with Gasteiger partial charge in [-0.3, -0.25) is 0 Å². The van der Waals surface area contributed by atoms with Gasteiger partial charge in [0.1, 0.15) is 0 Å². The molecule has 0 aliphatic carbocycles. The summed E-state index contributed by atoms with van der Waals surface area (Å²) in [5.41, 5.74) is 1.25. The first-order valence-electron chi connectivity index (χ1n) is 6.44. The maximum Gasteiger partial charge on any atom is 0.0426 e. The molecule has 3 heteroatoms. The lowest BCUT2D eigenvalue weighted by Crippen LogP contribution is -2.48. The Hall–Kier alpha value is -0.730. The molecular weight excluding hydrogens is 232 g/mol. The number of piperidine rings is 1. The van der Waals surface area contributed by atoms with Crippen LogP contribution in [-0.2, 0) is 0 Å². The van der Waals surface area contributed by atoms with E-state index in [-0.39, 0.29) is 0 Å². The highest BCUT2D eigenvalue weighted by atomic mass is 35.5. The van der Waals surface area contributed by atoms with Crippen molar-refractivity contribution in [3.05, 3.63) is 29.3 Å². The Balaban J connectivity index is 2.01. The molecule has 0 spiro atoms. The number of nitrogens with zero attached hydrogens (tertiary/aromatic N) is 1. The molecular formula is C14H21ClN2. The van der Waals surface area contributed by atoms with Crippen molar-refractivity contribution >= 4 is 17.3 Å². The molecule has 0 radical (unpaired) electrons. The van der Waals surface area contributed by atoms with Crippen molar-refractivity contribution < 1.29 is 0 Å². The highest BCUT2D eigenvalue weighted by molar-refractivity contribution is 6.30. The van der Waals surface area contributed by atoms with Crippen LogP contribution in [-0.4, -0.2) is 25.7 Å². The Morgan fingerprint density at radius 2 is 2.29 bits per heavy atom. The van der Waals surface area contributed by atoms with Gasteiger partial charge in [0.2, 0.25) is 0 Å². The van der Waals surface area contributed by atoms with Crippen molar-refractivity contribution in [3.63, 3.8) is 0 Å². The second-order valence-electron chi connectivity index (χ2n) is 4.86. The minimum atomic E-state index is 0.662. The fourth-order valence-corrected chi connectivity index (χ4v) is 2.80. The van der Waals surface area contributed by atoms with Gasteiger partial charge in [-0.05, 0) is 37.1 Å². The summed E-state index contributed by atoms with van der Waals surface area (Å²) in [6.45, 7) is 7.78. The Labute approximate surface area is 109 Å². The average molecular weight is 253 g/mol. The highest BCUT2D eigenvalue weighted by Gasteiger charge is 2.25. The number of benzene rings is 1. The van der Waals surface area contributed by atoms with E-state index in [0.717, 1.165) is 24.7 Å². The zero-order valence-corrected chi connectivity index (χ0v) is 11.4. The van der Waals surface area contributed by atoms with Gasteiger partial charge < -0.3 is 10.2 Å². The van der Waals surface area contributed by atoms with Gasteiger partial charge in [-0.2, -0.15) is 0 Å². The van der Waals surface area contributed by atoms with E-state index in [1.54, 1.807) is 0 Å². The van der Waals surface area contributed by atoms with Gasteiger partial charge in [-0.15, -0.1) is 0 Å². The number of nitrogens with one attached hydrogen (secondary N) is 1. The summed E-state index contributed by atoms with van der Waals surface area (Å²) in [6, 6.07) is 8.82. The molecule has 17 heavy (non-hydrogen) atoms. The molecule has 1 aliphatic rings. The Morgan fingerprint density at radius 3 is 2.94 bits per heavy atom. The van der Waals surface area contributed by atoms with Crippen LogP contribution in [0.5, 0.6) is 0 Å². The molecule has 2 atom stereocenters. The third-order valence-corrected chi connectivity index (χ3v) is 3.78. The van der Waals surface area contributed by atoms with Gasteiger partial charge in [0.05, 0.1) is 0 Å². The van der Waals surface area contributed by atoms with E-state index in [9.17, 15) is 0 Å². The van der Waals surface area contributed by atoms with Crippen molar-refractivity contribution in [3.8, 4) is 0 Å². The number of rotatable bonds is 3. The van der Waals surface area contributed by atoms with Gasteiger partial charge in [0.15, 0.2) is 0 Å². The minimum Gasteiger partial charge on any atom is -0.371 e. The van der Waals surface area contributed by atoms with Crippen LogP contribution in [0.4, 0.5) is 5.69 Å². The number of hydrogen-bond acceptors (Lipinski definition) is 2. The summed E-state index contributed by atoms with van der Waals surface area (Å²) in [5.74, 6) is 0.683. The van der Waals surface area contributed by atoms with Crippen LogP contribution < -0.4 is 10.2 Å². The quantitative estimate of drug-likeness (QED) is 0.889. The van der Waals surface area contributed by atoms with E-state index in [4.69, 9.17) is 11.6 Å². The molecule has 0 saturated carbocycles. The van der Waals surface area contributed by atoms with Crippen LogP contribution in [0.2, 0.25) is 5.02 Å². The molecule has 2 rings (SSSR count). The third-order valence-electron chi connectivity index (χ3n) is 3.54. The van der Waals surface area contributed by atoms with E-state index in [2.05, 4.69) is 36.2 Å². The SMILES string of the molecule is CCNC1CCN(c2cccc(Cl)c2)CC1C. The van der Waals surface area contributed by atoms with Gasteiger partial charge >= 0.3 is 0 Å². The molecule has 1 N–H and O–H groups in total. The van der Waals surface area contributed by atoms with Gasteiger partial charge in [0, 0.05) is 29.8 Å². The molecule has 1 fully saturated rings. The number of hydrogen-bond donors (Lipinski definition) is 1. The van der Waals surface area contributed by atoms with Crippen LogP contribution in [0.3, 0.4) is 0 Å². The first-order chi connectivity index (χ1) is 8.20.